The lowest BCUT2D eigenvalue weighted by atomic mass is 10.1. The van der Waals surface area contributed by atoms with Crippen molar-refractivity contribution in [1.29, 1.82) is 0 Å². The van der Waals surface area contributed by atoms with Gasteiger partial charge < -0.3 is 9.64 Å². The van der Waals surface area contributed by atoms with Gasteiger partial charge in [0.05, 0.1) is 25.0 Å². The first-order chi connectivity index (χ1) is 14.7. The van der Waals surface area contributed by atoms with Crippen LogP contribution in [0.3, 0.4) is 0 Å². The van der Waals surface area contributed by atoms with E-state index in [0.29, 0.717) is 47.6 Å². The molecule has 4 rings (SSSR count). The van der Waals surface area contributed by atoms with Crippen LogP contribution < -0.4 is 4.74 Å². The normalized spacial score (nSPS) is 13.6. The molecule has 1 amide bonds. The van der Waals surface area contributed by atoms with Crippen molar-refractivity contribution in [2.24, 2.45) is 0 Å². The topological polar surface area (TPSA) is 90.2 Å². The van der Waals surface area contributed by atoms with E-state index in [9.17, 15) is 9.59 Å². The van der Waals surface area contributed by atoms with Crippen LogP contribution in [-0.2, 0) is 11.3 Å². The fourth-order valence-electron chi connectivity index (χ4n) is 3.34. The molecule has 3 aromatic rings. The molecule has 0 aliphatic carbocycles. The van der Waals surface area contributed by atoms with Gasteiger partial charge >= 0.3 is 0 Å². The SMILES string of the molecule is COc1ccccc1C(=O)CSc1nnc(CN2CCCC2=O)n1-c1ccccn1. The maximum atomic E-state index is 12.7. The second kappa shape index (κ2) is 9.08. The molecule has 1 aromatic carbocycles. The summed E-state index contributed by atoms with van der Waals surface area (Å²) in [5, 5.41) is 9.13. The molecule has 3 heterocycles. The van der Waals surface area contributed by atoms with Gasteiger partial charge in [-0.15, -0.1) is 10.2 Å². The fourth-order valence-corrected chi connectivity index (χ4v) is 4.18. The number of carbonyl (C=O) groups excluding carboxylic acids is 2. The number of likely N-dealkylation sites (tertiary alicyclic amines) is 1. The van der Waals surface area contributed by atoms with Gasteiger partial charge in [-0.2, -0.15) is 0 Å². The highest BCUT2D eigenvalue weighted by Crippen LogP contribution is 2.25. The highest BCUT2D eigenvalue weighted by Gasteiger charge is 2.25. The van der Waals surface area contributed by atoms with Crippen LogP contribution in [-0.4, -0.2) is 55.7 Å². The first kappa shape index (κ1) is 20.1. The molecular formula is C21H21N5O3S. The largest absolute Gasteiger partial charge is 0.496 e. The first-order valence-corrected chi connectivity index (χ1v) is 10.6. The van der Waals surface area contributed by atoms with Crippen molar-refractivity contribution < 1.29 is 14.3 Å². The number of pyridine rings is 1. The summed E-state index contributed by atoms with van der Waals surface area (Å²) in [6.45, 7) is 1.08. The van der Waals surface area contributed by atoms with E-state index >= 15 is 0 Å². The molecule has 2 aromatic heterocycles. The Morgan fingerprint density at radius 3 is 2.73 bits per heavy atom. The minimum Gasteiger partial charge on any atom is -0.496 e. The number of hydrogen-bond donors (Lipinski definition) is 0. The summed E-state index contributed by atoms with van der Waals surface area (Å²) in [6, 6.07) is 12.7. The lowest BCUT2D eigenvalue weighted by Crippen LogP contribution is -2.25. The van der Waals surface area contributed by atoms with Crippen molar-refractivity contribution in [3.05, 3.63) is 60.0 Å². The molecular weight excluding hydrogens is 402 g/mol. The number of aromatic nitrogens is 4. The van der Waals surface area contributed by atoms with Crippen molar-refractivity contribution in [2.75, 3.05) is 19.4 Å². The smallest absolute Gasteiger partial charge is 0.223 e. The first-order valence-electron chi connectivity index (χ1n) is 9.60. The van der Waals surface area contributed by atoms with Gasteiger partial charge in [0.2, 0.25) is 5.91 Å². The van der Waals surface area contributed by atoms with E-state index in [4.69, 9.17) is 4.74 Å². The van der Waals surface area contributed by atoms with Crippen LogP contribution in [0.25, 0.3) is 5.82 Å². The molecule has 1 saturated heterocycles. The van der Waals surface area contributed by atoms with E-state index < -0.39 is 0 Å². The minimum atomic E-state index is -0.0655. The fraction of sp³-hybridized carbons (Fsp3) is 0.286. The molecule has 0 atom stereocenters. The molecule has 30 heavy (non-hydrogen) atoms. The van der Waals surface area contributed by atoms with Gasteiger partial charge in [0.15, 0.2) is 16.8 Å². The maximum absolute atomic E-state index is 12.7. The molecule has 1 aliphatic rings. The number of methoxy groups -OCH3 is 1. The Morgan fingerprint density at radius 1 is 1.17 bits per heavy atom. The van der Waals surface area contributed by atoms with Gasteiger partial charge in [-0.3, -0.25) is 14.2 Å². The summed E-state index contributed by atoms with van der Waals surface area (Å²) < 4.78 is 7.10. The van der Waals surface area contributed by atoms with Gasteiger partial charge in [-0.25, -0.2) is 4.98 Å². The highest BCUT2D eigenvalue weighted by molar-refractivity contribution is 7.99. The van der Waals surface area contributed by atoms with Gasteiger partial charge in [0, 0.05) is 19.2 Å². The molecule has 0 saturated carbocycles. The number of benzene rings is 1. The number of hydrogen-bond acceptors (Lipinski definition) is 7. The molecule has 154 valence electrons. The third kappa shape index (κ3) is 4.20. The van der Waals surface area contributed by atoms with Crippen LogP contribution in [0.1, 0.15) is 29.0 Å². The lowest BCUT2D eigenvalue weighted by Gasteiger charge is -2.16. The molecule has 0 bridgehead atoms. The highest BCUT2D eigenvalue weighted by atomic mass is 32.2. The molecule has 0 spiro atoms. The van der Waals surface area contributed by atoms with Gasteiger partial charge in [0.1, 0.15) is 11.6 Å². The average Bonchev–Trinajstić information content (AvgIpc) is 3.38. The minimum absolute atomic E-state index is 0.0655. The summed E-state index contributed by atoms with van der Waals surface area (Å²) >= 11 is 1.28. The van der Waals surface area contributed by atoms with E-state index in [1.807, 2.05) is 34.9 Å². The molecule has 8 nitrogen and oxygen atoms in total. The second-order valence-electron chi connectivity index (χ2n) is 6.75. The number of ketones is 1. The number of ether oxygens (including phenoxy) is 1. The Hall–Kier alpha value is -3.20. The molecule has 1 aliphatic heterocycles. The summed E-state index contributed by atoms with van der Waals surface area (Å²) in [6.07, 6.45) is 3.10. The van der Waals surface area contributed by atoms with Crippen LogP contribution in [0.5, 0.6) is 5.75 Å². The number of amides is 1. The third-order valence-electron chi connectivity index (χ3n) is 4.82. The second-order valence-corrected chi connectivity index (χ2v) is 7.70. The summed E-state index contributed by atoms with van der Waals surface area (Å²) in [5.74, 6) is 2.04. The molecule has 9 heteroatoms. The Bertz CT molecular complexity index is 1050. The molecule has 0 radical (unpaired) electrons. The van der Waals surface area contributed by atoms with Crippen molar-refractivity contribution in [2.45, 2.75) is 24.5 Å². The number of carbonyl (C=O) groups is 2. The van der Waals surface area contributed by atoms with E-state index in [1.165, 1.54) is 11.8 Å². The van der Waals surface area contributed by atoms with E-state index in [-0.39, 0.29) is 17.4 Å². The standard InChI is InChI=1S/C21H21N5O3S/c1-29-17-8-3-2-7-15(17)16(27)14-30-21-24-23-19(13-25-12-6-10-20(25)28)26(21)18-9-4-5-11-22-18/h2-5,7-9,11H,6,10,12-14H2,1H3. The van der Waals surface area contributed by atoms with Crippen LogP contribution in [0.15, 0.2) is 53.8 Å². The zero-order valence-corrected chi connectivity index (χ0v) is 17.3. The summed E-state index contributed by atoms with van der Waals surface area (Å²) in [4.78, 5) is 31.0. The van der Waals surface area contributed by atoms with Crippen molar-refractivity contribution >= 4 is 23.5 Å². The molecule has 1 fully saturated rings. The Balaban J connectivity index is 1.58. The number of thioether (sulfide) groups is 1. The number of nitrogens with zero attached hydrogens (tertiary/aromatic N) is 5. The van der Waals surface area contributed by atoms with Crippen LogP contribution in [0.4, 0.5) is 0 Å². The number of Topliss-reactive ketones (excluding diaryl/α,β-unsaturated/α-hetero) is 1. The quantitative estimate of drug-likeness (QED) is 0.406. The van der Waals surface area contributed by atoms with Gasteiger partial charge in [-0.1, -0.05) is 30.0 Å². The van der Waals surface area contributed by atoms with Crippen LogP contribution in [0.2, 0.25) is 0 Å². The van der Waals surface area contributed by atoms with Crippen molar-refractivity contribution in [3.63, 3.8) is 0 Å². The Morgan fingerprint density at radius 2 is 2.00 bits per heavy atom. The Labute approximate surface area is 178 Å². The van der Waals surface area contributed by atoms with Crippen LogP contribution in [0, 0.1) is 0 Å². The van der Waals surface area contributed by atoms with Crippen LogP contribution >= 0.6 is 11.8 Å². The monoisotopic (exact) mass is 423 g/mol. The zero-order chi connectivity index (χ0) is 20.9. The van der Waals surface area contributed by atoms with Gasteiger partial charge in [0.25, 0.3) is 0 Å². The van der Waals surface area contributed by atoms with Gasteiger partial charge in [-0.05, 0) is 30.7 Å². The van der Waals surface area contributed by atoms with Crippen molar-refractivity contribution in [3.8, 4) is 11.6 Å². The average molecular weight is 423 g/mol. The van der Waals surface area contributed by atoms with Crippen molar-refractivity contribution in [1.82, 2.24) is 24.6 Å². The molecule has 0 unspecified atom stereocenters. The predicted molar refractivity (Wildman–Crippen MR) is 112 cm³/mol. The van der Waals surface area contributed by atoms with E-state index in [1.54, 1.807) is 30.3 Å². The summed E-state index contributed by atoms with van der Waals surface area (Å²) in [5.41, 5.74) is 0.527. The summed E-state index contributed by atoms with van der Waals surface area (Å²) in [7, 11) is 1.54. The zero-order valence-electron chi connectivity index (χ0n) is 16.5. The maximum Gasteiger partial charge on any atom is 0.223 e. The number of rotatable bonds is 8. The van der Waals surface area contributed by atoms with E-state index in [0.717, 1.165) is 6.42 Å². The third-order valence-corrected chi connectivity index (χ3v) is 5.75. The molecule has 0 N–H and O–H groups in total. The Kier molecular flexibility index (Phi) is 6.08. The lowest BCUT2D eigenvalue weighted by molar-refractivity contribution is -0.128. The number of para-hydroxylation sites is 1. The predicted octanol–water partition coefficient (Wildman–Crippen LogP) is 2.77. The van der Waals surface area contributed by atoms with E-state index in [2.05, 4.69) is 15.2 Å².